The van der Waals surface area contributed by atoms with Crippen molar-refractivity contribution in [3.05, 3.63) is 69.9 Å². The normalized spacial score (nSPS) is 15.7. The Labute approximate surface area is 171 Å². The Balaban J connectivity index is 1.31. The molecule has 2 aromatic carbocycles. The lowest BCUT2D eigenvalue weighted by Gasteiger charge is -2.32. The van der Waals surface area contributed by atoms with E-state index in [1.165, 1.54) is 18.2 Å². The Bertz CT molecular complexity index is 1130. The summed E-state index contributed by atoms with van der Waals surface area (Å²) in [6.45, 7) is 2.18. The molecule has 1 aliphatic rings. The van der Waals surface area contributed by atoms with Crippen LogP contribution >= 0.6 is 0 Å². The van der Waals surface area contributed by atoms with Crippen molar-refractivity contribution in [2.24, 2.45) is 0 Å². The molecule has 1 N–H and O–H groups in total. The molecule has 0 aliphatic carbocycles. The van der Waals surface area contributed by atoms with E-state index in [0.717, 1.165) is 38.1 Å². The summed E-state index contributed by atoms with van der Waals surface area (Å²) < 4.78 is 41.9. The van der Waals surface area contributed by atoms with Gasteiger partial charge in [-0.2, -0.15) is 0 Å². The van der Waals surface area contributed by atoms with Gasteiger partial charge in [-0.1, -0.05) is 0 Å². The minimum atomic E-state index is -0.832. The van der Waals surface area contributed by atoms with Gasteiger partial charge in [0.15, 0.2) is 5.78 Å². The molecule has 5 nitrogen and oxygen atoms in total. The molecule has 158 valence electrons. The fourth-order valence-electron chi connectivity index (χ4n) is 4.17. The number of hydrogen-bond donors (Lipinski definition) is 1. The van der Waals surface area contributed by atoms with Crippen molar-refractivity contribution in [1.82, 2.24) is 14.5 Å². The van der Waals surface area contributed by atoms with Crippen molar-refractivity contribution < 1.29 is 18.0 Å². The fraction of sp³-hybridized carbons (Fsp3) is 0.364. The number of aromatic nitrogens is 2. The molecular formula is C22H22F3N3O2. The molecule has 3 aromatic rings. The van der Waals surface area contributed by atoms with Gasteiger partial charge in [-0.3, -0.25) is 9.36 Å². The monoisotopic (exact) mass is 417 g/mol. The zero-order valence-corrected chi connectivity index (χ0v) is 16.3. The smallest absolute Gasteiger partial charge is 0.306 e. The number of ketones is 1. The van der Waals surface area contributed by atoms with Crippen LogP contribution in [0.5, 0.6) is 0 Å². The number of carbonyl (C=O) groups is 1. The highest BCUT2D eigenvalue weighted by Gasteiger charge is 2.24. The van der Waals surface area contributed by atoms with Crippen molar-refractivity contribution in [1.29, 1.82) is 0 Å². The van der Waals surface area contributed by atoms with E-state index in [0.29, 0.717) is 24.0 Å². The first-order valence-electron chi connectivity index (χ1n) is 10.0. The molecule has 1 fully saturated rings. The van der Waals surface area contributed by atoms with Gasteiger partial charge >= 0.3 is 5.69 Å². The van der Waals surface area contributed by atoms with Gasteiger partial charge in [0.2, 0.25) is 0 Å². The number of fused-ring (bicyclic) bond motifs is 1. The Kier molecular flexibility index (Phi) is 5.76. The van der Waals surface area contributed by atoms with Gasteiger partial charge in [0, 0.05) is 31.6 Å². The topological polar surface area (TPSA) is 58.1 Å². The van der Waals surface area contributed by atoms with E-state index < -0.39 is 11.6 Å². The second kappa shape index (κ2) is 8.47. The molecule has 30 heavy (non-hydrogen) atoms. The molecule has 4 rings (SSSR count). The summed E-state index contributed by atoms with van der Waals surface area (Å²) in [7, 11) is 0. The largest absolute Gasteiger partial charge is 0.326 e. The summed E-state index contributed by atoms with van der Waals surface area (Å²) in [5.74, 6) is -2.25. The lowest BCUT2D eigenvalue weighted by atomic mass is 10.0. The number of benzene rings is 2. The minimum absolute atomic E-state index is 0.0146. The number of Topliss-reactive ketones (excluding diaryl/α,β-unsaturated/α-hetero) is 1. The summed E-state index contributed by atoms with van der Waals surface area (Å²) in [5.41, 5.74) is 0.878. The van der Waals surface area contributed by atoms with Crippen molar-refractivity contribution in [3.8, 4) is 0 Å². The maximum absolute atomic E-state index is 13.7. The third-order valence-electron chi connectivity index (χ3n) is 5.71. The molecule has 0 saturated carbocycles. The molecule has 1 aromatic heterocycles. The Morgan fingerprint density at radius 2 is 1.73 bits per heavy atom. The number of H-pyrrole nitrogens is 1. The zero-order valence-electron chi connectivity index (χ0n) is 16.3. The van der Waals surface area contributed by atoms with Crippen LogP contribution in [0.2, 0.25) is 0 Å². The summed E-state index contributed by atoms with van der Waals surface area (Å²) in [5, 5.41) is 0. The van der Waals surface area contributed by atoms with Crippen LogP contribution in [0.4, 0.5) is 13.2 Å². The average Bonchev–Trinajstić information content (AvgIpc) is 3.03. The number of carbonyl (C=O) groups excluding carboxylic acids is 1. The van der Waals surface area contributed by atoms with E-state index in [-0.39, 0.29) is 35.3 Å². The lowest BCUT2D eigenvalue weighted by Crippen LogP contribution is -2.37. The molecule has 0 spiro atoms. The molecule has 2 heterocycles. The van der Waals surface area contributed by atoms with Crippen LogP contribution in [0.15, 0.2) is 41.2 Å². The van der Waals surface area contributed by atoms with Crippen LogP contribution in [0.25, 0.3) is 11.0 Å². The number of piperidine rings is 1. The van der Waals surface area contributed by atoms with Crippen LogP contribution in [0.1, 0.15) is 42.1 Å². The van der Waals surface area contributed by atoms with Gasteiger partial charge in [0.1, 0.15) is 17.5 Å². The number of likely N-dealkylation sites (tertiary alicyclic amines) is 1. The van der Waals surface area contributed by atoms with Crippen LogP contribution in [-0.2, 0) is 0 Å². The second-order valence-electron chi connectivity index (χ2n) is 7.69. The predicted octanol–water partition coefficient (Wildman–Crippen LogP) is 4.05. The number of rotatable bonds is 6. The van der Waals surface area contributed by atoms with Gasteiger partial charge in [0.25, 0.3) is 0 Å². The molecule has 0 atom stereocenters. The molecule has 1 saturated heterocycles. The lowest BCUT2D eigenvalue weighted by molar-refractivity contribution is 0.0966. The first-order valence-corrected chi connectivity index (χ1v) is 10.0. The van der Waals surface area contributed by atoms with Crippen LogP contribution < -0.4 is 5.69 Å². The third kappa shape index (κ3) is 4.18. The second-order valence-corrected chi connectivity index (χ2v) is 7.69. The molecule has 8 heteroatoms. The van der Waals surface area contributed by atoms with E-state index in [4.69, 9.17) is 0 Å². The predicted molar refractivity (Wildman–Crippen MR) is 107 cm³/mol. The molecular weight excluding hydrogens is 395 g/mol. The molecule has 0 unspecified atom stereocenters. The van der Waals surface area contributed by atoms with E-state index in [1.54, 1.807) is 10.6 Å². The highest BCUT2D eigenvalue weighted by Crippen LogP contribution is 2.25. The molecule has 0 bridgehead atoms. The van der Waals surface area contributed by atoms with Crippen molar-refractivity contribution in [3.63, 3.8) is 0 Å². The maximum atomic E-state index is 13.7. The van der Waals surface area contributed by atoms with Crippen molar-refractivity contribution in [2.75, 3.05) is 19.6 Å². The van der Waals surface area contributed by atoms with E-state index in [2.05, 4.69) is 9.88 Å². The maximum Gasteiger partial charge on any atom is 0.326 e. The van der Waals surface area contributed by atoms with Gasteiger partial charge in [-0.15, -0.1) is 0 Å². The number of imidazole rings is 1. The van der Waals surface area contributed by atoms with E-state index in [9.17, 15) is 22.8 Å². The first kappa shape index (κ1) is 20.4. The summed E-state index contributed by atoms with van der Waals surface area (Å²) >= 11 is 0. The van der Waals surface area contributed by atoms with Crippen molar-refractivity contribution >= 4 is 16.8 Å². The van der Waals surface area contributed by atoms with Gasteiger partial charge in [-0.05, 0) is 56.1 Å². The van der Waals surface area contributed by atoms with Gasteiger partial charge in [0.05, 0.1) is 16.6 Å². The van der Waals surface area contributed by atoms with Crippen molar-refractivity contribution in [2.45, 2.75) is 31.7 Å². The number of aromatic amines is 1. The average molecular weight is 417 g/mol. The Morgan fingerprint density at radius 1 is 1.03 bits per heavy atom. The molecule has 0 amide bonds. The van der Waals surface area contributed by atoms with Crippen LogP contribution in [0, 0.1) is 17.5 Å². The summed E-state index contributed by atoms with van der Waals surface area (Å²) in [6.07, 6.45) is 2.23. The van der Waals surface area contributed by atoms with Crippen LogP contribution in [0.3, 0.4) is 0 Å². The molecule has 0 radical (unpaired) electrons. The SMILES string of the molecule is O=C(CCCN1CCC(n2c(=O)[nH]c3ccc(F)cc32)CC1)c1ccc(F)cc1F. The highest BCUT2D eigenvalue weighted by atomic mass is 19.1. The summed E-state index contributed by atoms with van der Waals surface area (Å²) in [4.78, 5) is 29.5. The third-order valence-corrected chi connectivity index (χ3v) is 5.71. The quantitative estimate of drug-likeness (QED) is 0.616. The Morgan fingerprint density at radius 3 is 2.47 bits per heavy atom. The van der Waals surface area contributed by atoms with Gasteiger partial charge < -0.3 is 9.88 Å². The van der Waals surface area contributed by atoms with Gasteiger partial charge in [-0.25, -0.2) is 18.0 Å². The Hall–Kier alpha value is -2.87. The number of nitrogens with one attached hydrogen (secondary N) is 1. The van der Waals surface area contributed by atoms with E-state index >= 15 is 0 Å². The number of halogens is 3. The summed E-state index contributed by atoms with van der Waals surface area (Å²) in [6, 6.07) is 7.23. The van der Waals surface area contributed by atoms with E-state index in [1.807, 2.05) is 0 Å². The highest BCUT2D eigenvalue weighted by molar-refractivity contribution is 5.96. The molecule has 1 aliphatic heterocycles. The zero-order chi connectivity index (χ0) is 21.3. The standard InChI is InChI=1S/C22H22F3N3O2/c23-14-3-5-17(18(25)12-14)21(29)2-1-9-27-10-7-16(8-11-27)28-20-13-15(24)4-6-19(20)26-22(28)30/h3-6,12-13,16H,1-2,7-11H2,(H,26,30). The number of nitrogens with zero attached hydrogens (tertiary/aromatic N) is 2. The fourth-order valence-corrected chi connectivity index (χ4v) is 4.17. The van der Waals surface area contributed by atoms with Crippen LogP contribution in [-0.4, -0.2) is 39.9 Å². The number of hydrogen-bond acceptors (Lipinski definition) is 3. The minimum Gasteiger partial charge on any atom is -0.306 e. The first-order chi connectivity index (χ1) is 14.4.